The Hall–Kier alpha value is -2.03. The molecule has 2 aromatic carbocycles. The molecule has 2 aliphatic rings. The van der Waals surface area contributed by atoms with Crippen molar-refractivity contribution in [1.29, 1.82) is 0 Å². The van der Waals surface area contributed by atoms with Gasteiger partial charge in [0.2, 0.25) is 6.23 Å². The van der Waals surface area contributed by atoms with Crippen LogP contribution in [0.25, 0.3) is 0 Å². The van der Waals surface area contributed by atoms with Gasteiger partial charge >= 0.3 is 0 Å². The van der Waals surface area contributed by atoms with Crippen molar-refractivity contribution in [2.24, 2.45) is 5.10 Å². The molecule has 2 aliphatic heterocycles. The maximum atomic E-state index is 6.47. The molecule has 0 bridgehead atoms. The number of methoxy groups -OCH3 is 2. The number of rotatable bonds is 4. The summed E-state index contributed by atoms with van der Waals surface area (Å²) in [4.78, 5) is 1.16. The van der Waals surface area contributed by atoms with Crippen LogP contribution < -0.4 is 14.2 Å². The van der Waals surface area contributed by atoms with Gasteiger partial charge in [-0.15, -0.1) is 11.3 Å². The van der Waals surface area contributed by atoms with Crippen molar-refractivity contribution >= 4 is 48.9 Å². The summed E-state index contributed by atoms with van der Waals surface area (Å²) in [5.74, 6) is 2.19. The summed E-state index contributed by atoms with van der Waals surface area (Å²) < 4.78 is 19.8. The fraction of sp³-hybridized carbons (Fsp3) is 0.227. The van der Waals surface area contributed by atoms with Gasteiger partial charge in [-0.3, -0.25) is 0 Å². The van der Waals surface area contributed by atoms with Gasteiger partial charge in [-0.25, -0.2) is 5.01 Å². The van der Waals surface area contributed by atoms with Crippen molar-refractivity contribution in [2.45, 2.75) is 18.7 Å². The molecule has 0 amide bonds. The van der Waals surface area contributed by atoms with Crippen LogP contribution >= 0.6 is 43.2 Å². The lowest BCUT2D eigenvalue weighted by Gasteiger charge is -2.38. The number of para-hydroxylation sites is 1. The minimum absolute atomic E-state index is 0.0723. The van der Waals surface area contributed by atoms with Gasteiger partial charge in [0.15, 0.2) is 11.5 Å². The van der Waals surface area contributed by atoms with Crippen molar-refractivity contribution in [3.8, 4) is 17.2 Å². The van der Waals surface area contributed by atoms with Gasteiger partial charge in [-0.1, -0.05) is 22.0 Å². The van der Waals surface area contributed by atoms with E-state index in [9.17, 15) is 0 Å². The highest BCUT2D eigenvalue weighted by atomic mass is 79.9. The standard InChI is InChI=1S/C22H18Br2N2O3S/c1-27-18-5-3-4-13(21(18)28-2)22-26-16(14-10-12(23)6-7-17(14)29-22)11-15(25-26)19-8-9-20(24)30-19/h3-10,16,22H,11H2,1-2H3/t16-,22-/m0/s1. The van der Waals surface area contributed by atoms with Gasteiger partial charge in [0.1, 0.15) is 5.75 Å². The van der Waals surface area contributed by atoms with Gasteiger partial charge in [0.05, 0.1) is 40.2 Å². The van der Waals surface area contributed by atoms with E-state index in [1.807, 2.05) is 30.3 Å². The zero-order valence-electron chi connectivity index (χ0n) is 16.3. The summed E-state index contributed by atoms with van der Waals surface area (Å²) in [6.45, 7) is 0. The van der Waals surface area contributed by atoms with E-state index in [0.29, 0.717) is 11.5 Å². The molecule has 5 rings (SSSR count). The molecule has 3 heterocycles. The van der Waals surface area contributed by atoms with Crippen LogP contribution in [0.4, 0.5) is 0 Å². The smallest absolute Gasteiger partial charge is 0.217 e. The van der Waals surface area contributed by atoms with Crippen LogP contribution in [0.1, 0.15) is 34.7 Å². The van der Waals surface area contributed by atoms with E-state index in [0.717, 1.165) is 42.1 Å². The number of benzene rings is 2. The molecule has 0 fully saturated rings. The molecule has 0 spiro atoms. The number of fused-ring (bicyclic) bond motifs is 3. The van der Waals surface area contributed by atoms with E-state index in [1.54, 1.807) is 25.6 Å². The Morgan fingerprint density at radius 3 is 2.67 bits per heavy atom. The SMILES string of the molecule is COc1cccc([C@@H]2Oc3ccc(Br)cc3[C@@H]3CC(c4ccc(Br)s4)=NN32)c1OC. The average Bonchev–Trinajstić information content (AvgIpc) is 3.39. The molecule has 5 nitrogen and oxygen atoms in total. The molecule has 0 aliphatic carbocycles. The van der Waals surface area contributed by atoms with Crippen LogP contribution in [0.3, 0.4) is 0 Å². The van der Waals surface area contributed by atoms with Crippen LogP contribution in [-0.2, 0) is 0 Å². The zero-order valence-corrected chi connectivity index (χ0v) is 20.3. The van der Waals surface area contributed by atoms with Crippen LogP contribution in [0.2, 0.25) is 0 Å². The maximum absolute atomic E-state index is 6.47. The van der Waals surface area contributed by atoms with Crippen molar-refractivity contribution in [3.63, 3.8) is 0 Å². The Morgan fingerprint density at radius 1 is 1.07 bits per heavy atom. The van der Waals surface area contributed by atoms with Gasteiger partial charge in [-0.2, -0.15) is 5.10 Å². The van der Waals surface area contributed by atoms with Crippen LogP contribution in [0, 0.1) is 0 Å². The summed E-state index contributed by atoms with van der Waals surface area (Å²) in [5, 5.41) is 7.06. The quantitative estimate of drug-likeness (QED) is 0.371. The molecule has 0 saturated heterocycles. The third-order valence-corrected chi connectivity index (χ3v) is 7.47. The van der Waals surface area contributed by atoms with Crippen LogP contribution in [0.15, 0.2) is 61.9 Å². The molecule has 154 valence electrons. The second-order valence-corrected chi connectivity index (χ2v) is 10.4. The molecule has 3 aromatic rings. The van der Waals surface area contributed by atoms with Crippen molar-refractivity contribution < 1.29 is 14.2 Å². The molecule has 0 unspecified atom stereocenters. The van der Waals surface area contributed by atoms with Crippen LogP contribution in [0.5, 0.6) is 17.2 Å². The monoisotopic (exact) mass is 548 g/mol. The molecular formula is C22H18Br2N2O3S. The molecule has 0 N–H and O–H groups in total. The van der Waals surface area contributed by atoms with E-state index < -0.39 is 6.23 Å². The molecule has 2 atom stereocenters. The highest BCUT2D eigenvalue weighted by Crippen LogP contribution is 2.50. The predicted octanol–water partition coefficient (Wildman–Crippen LogP) is 6.53. The van der Waals surface area contributed by atoms with E-state index in [4.69, 9.17) is 19.3 Å². The Bertz CT molecular complexity index is 1150. The number of thiophene rings is 1. The summed E-state index contributed by atoms with van der Waals surface area (Å²) in [7, 11) is 3.29. The van der Waals surface area contributed by atoms with Gasteiger partial charge in [-0.05, 0) is 58.4 Å². The first kappa shape index (κ1) is 19.9. The molecule has 8 heteroatoms. The van der Waals surface area contributed by atoms with Crippen molar-refractivity contribution in [1.82, 2.24) is 5.01 Å². The summed E-state index contributed by atoms with van der Waals surface area (Å²) in [6, 6.07) is 16.2. The topological polar surface area (TPSA) is 43.3 Å². The minimum Gasteiger partial charge on any atom is -0.493 e. The fourth-order valence-corrected chi connectivity index (χ4v) is 5.75. The molecule has 0 radical (unpaired) electrons. The van der Waals surface area contributed by atoms with Gasteiger partial charge < -0.3 is 14.2 Å². The maximum Gasteiger partial charge on any atom is 0.217 e. The average molecular weight is 550 g/mol. The lowest BCUT2D eigenvalue weighted by molar-refractivity contribution is -0.0205. The Kier molecular flexibility index (Phi) is 5.24. The Labute approximate surface area is 195 Å². The number of halogens is 2. The third-order valence-electron chi connectivity index (χ3n) is 5.31. The molecule has 30 heavy (non-hydrogen) atoms. The second kappa shape index (κ2) is 7.90. The fourth-order valence-electron chi connectivity index (χ4n) is 3.99. The normalized spacial score (nSPS) is 19.6. The predicted molar refractivity (Wildman–Crippen MR) is 125 cm³/mol. The number of ether oxygens (including phenoxy) is 3. The third kappa shape index (κ3) is 3.31. The summed E-state index contributed by atoms with van der Waals surface area (Å²) in [6.07, 6.45) is 0.386. The minimum atomic E-state index is -0.422. The number of hydrazone groups is 1. The summed E-state index contributed by atoms with van der Waals surface area (Å²) in [5.41, 5.74) is 3.06. The highest BCUT2D eigenvalue weighted by molar-refractivity contribution is 9.11. The van der Waals surface area contributed by atoms with Crippen LogP contribution in [-0.4, -0.2) is 24.9 Å². The first-order valence-corrected chi connectivity index (χ1v) is 11.8. The molecular weight excluding hydrogens is 532 g/mol. The number of hydrogen-bond donors (Lipinski definition) is 0. The number of nitrogens with zero attached hydrogens (tertiary/aromatic N) is 2. The molecule has 1 aromatic heterocycles. The zero-order chi connectivity index (χ0) is 20.8. The number of hydrogen-bond acceptors (Lipinski definition) is 6. The van der Waals surface area contributed by atoms with Crippen molar-refractivity contribution in [3.05, 3.63) is 72.8 Å². The van der Waals surface area contributed by atoms with Gasteiger partial charge in [0, 0.05) is 16.5 Å². The first-order valence-electron chi connectivity index (χ1n) is 9.37. The summed E-state index contributed by atoms with van der Waals surface area (Å²) >= 11 is 8.85. The van der Waals surface area contributed by atoms with E-state index in [-0.39, 0.29) is 6.04 Å². The lowest BCUT2D eigenvalue weighted by atomic mass is 9.97. The largest absolute Gasteiger partial charge is 0.493 e. The van der Waals surface area contributed by atoms with E-state index in [1.165, 1.54) is 0 Å². The first-order chi connectivity index (χ1) is 14.6. The lowest BCUT2D eigenvalue weighted by Crippen LogP contribution is -2.34. The Balaban J connectivity index is 1.64. The van der Waals surface area contributed by atoms with E-state index in [2.05, 4.69) is 55.1 Å². The Morgan fingerprint density at radius 2 is 1.93 bits per heavy atom. The highest BCUT2D eigenvalue weighted by Gasteiger charge is 2.42. The van der Waals surface area contributed by atoms with Crippen molar-refractivity contribution in [2.75, 3.05) is 14.2 Å². The van der Waals surface area contributed by atoms with Gasteiger partial charge in [0.25, 0.3) is 0 Å². The molecule has 0 saturated carbocycles. The second-order valence-electron chi connectivity index (χ2n) is 6.99. The van der Waals surface area contributed by atoms with E-state index >= 15 is 0 Å².